The predicted molar refractivity (Wildman–Crippen MR) is 88.0 cm³/mol. The summed E-state index contributed by atoms with van der Waals surface area (Å²) in [5, 5.41) is 12.3. The highest BCUT2D eigenvalue weighted by atomic mass is 16.6. The predicted octanol–water partition coefficient (Wildman–Crippen LogP) is 3.15. The van der Waals surface area contributed by atoms with E-state index in [0.717, 1.165) is 19.3 Å². The van der Waals surface area contributed by atoms with E-state index < -0.39 is 5.60 Å². The molecule has 0 aliphatic carbocycles. The third kappa shape index (κ3) is 4.85. The highest BCUT2D eigenvalue weighted by Gasteiger charge is 2.30. The Morgan fingerprint density at radius 3 is 3.00 bits per heavy atom. The Bertz CT molecular complexity index is 589. The van der Waals surface area contributed by atoms with Crippen LogP contribution in [0.3, 0.4) is 0 Å². The first-order valence-electron chi connectivity index (χ1n) is 7.99. The first-order chi connectivity index (χ1) is 10.9. The van der Waals surface area contributed by atoms with Crippen molar-refractivity contribution in [3.05, 3.63) is 23.9 Å². The van der Waals surface area contributed by atoms with E-state index in [1.54, 1.807) is 23.2 Å². The van der Waals surface area contributed by atoms with Gasteiger partial charge >= 0.3 is 6.09 Å². The van der Waals surface area contributed by atoms with E-state index in [1.807, 2.05) is 20.8 Å². The second kappa shape index (κ2) is 7.32. The maximum Gasteiger partial charge on any atom is 0.410 e. The summed E-state index contributed by atoms with van der Waals surface area (Å²) < 4.78 is 5.50. The van der Waals surface area contributed by atoms with Gasteiger partial charge in [0.25, 0.3) is 0 Å². The molecule has 0 unspecified atom stereocenters. The lowest BCUT2D eigenvalue weighted by molar-refractivity contribution is 0.0114. The van der Waals surface area contributed by atoms with Gasteiger partial charge in [-0.3, -0.25) is 0 Å². The summed E-state index contributed by atoms with van der Waals surface area (Å²) in [4.78, 5) is 18.3. The van der Waals surface area contributed by atoms with Gasteiger partial charge in [-0.25, -0.2) is 9.78 Å². The summed E-state index contributed by atoms with van der Waals surface area (Å²) in [7, 11) is 0. The molecule has 1 fully saturated rings. The number of pyridine rings is 1. The zero-order chi connectivity index (χ0) is 16.9. The second-order valence-electron chi connectivity index (χ2n) is 6.72. The molecular formula is C17H24N4O2. The molecule has 2 rings (SSSR count). The van der Waals surface area contributed by atoms with Crippen molar-refractivity contribution >= 4 is 11.9 Å². The van der Waals surface area contributed by atoms with Crippen molar-refractivity contribution in [1.82, 2.24) is 9.88 Å². The lowest BCUT2D eigenvalue weighted by Crippen LogP contribution is -2.49. The number of piperidine rings is 1. The van der Waals surface area contributed by atoms with Crippen LogP contribution in [0.2, 0.25) is 0 Å². The number of ether oxygens (including phenoxy) is 1. The van der Waals surface area contributed by atoms with E-state index in [9.17, 15) is 4.79 Å². The SMILES string of the molecule is CC(C)(C)OC(=O)N1CCCC[C@@H]1CNc1ncccc1C#N. The van der Waals surface area contributed by atoms with Gasteiger partial charge in [0, 0.05) is 19.3 Å². The van der Waals surface area contributed by atoms with Crippen molar-refractivity contribution in [3.8, 4) is 6.07 Å². The summed E-state index contributed by atoms with van der Waals surface area (Å²) in [6.07, 6.45) is 4.36. The smallest absolute Gasteiger partial charge is 0.410 e. The van der Waals surface area contributed by atoms with Gasteiger partial charge in [0.15, 0.2) is 0 Å². The molecule has 1 aromatic heterocycles. The summed E-state index contributed by atoms with van der Waals surface area (Å²) >= 11 is 0. The number of nitrogens with one attached hydrogen (secondary N) is 1. The van der Waals surface area contributed by atoms with Crippen LogP contribution in [0.4, 0.5) is 10.6 Å². The summed E-state index contributed by atoms with van der Waals surface area (Å²) in [5.74, 6) is 0.560. The molecule has 1 atom stereocenters. The Morgan fingerprint density at radius 2 is 2.30 bits per heavy atom. The van der Waals surface area contributed by atoms with Crippen LogP contribution in [0, 0.1) is 11.3 Å². The molecule has 2 heterocycles. The van der Waals surface area contributed by atoms with Gasteiger partial charge in [0.2, 0.25) is 0 Å². The number of anilines is 1. The molecule has 6 heteroatoms. The summed E-state index contributed by atoms with van der Waals surface area (Å²) in [6.45, 7) is 6.87. The van der Waals surface area contributed by atoms with E-state index in [4.69, 9.17) is 10.00 Å². The van der Waals surface area contributed by atoms with Crippen LogP contribution in [0.15, 0.2) is 18.3 Å². The minimum atomic E-state index is -0.499. The fourth-order valence-electron chi connectivity index (χ4n) is 2.62. The zero-order valence-electron chi connectivity index (χ0n) is 14.0. The van der Waals surface area contributed by atoms with Gasteiger partial charge < -0.3 is 15.0 Å². The molecule has 0 aromatic carbocycles. The fourth-order valence-corrected chi connectivity index (χ4v) is 2.62. The highest BCUT2D eigenvalue weighted by molar-refractivity contribution is 5.68. The van der Waals surface area contributed by atoms with Crippen molar-refractivity contribution in [2.75, 3.05) is 18.4 Å². The summed E-state index contributed by atoms with van der Waals surface area (Å²) in [6, 6.07) is 5.62. The molecule has 0 spiro atoms. The van der Waals surface area contributed by atoms with Crippen LogP contribution >= 0.6 is 0 Å². The maximum absolute atomic E-state index is 12.4. The average molecular weight is 316 g/mol. The Kier molecular flexibility index (Phi) is 5.43. The van der Waals surface area contributed by atoms with Gasteiger partial charge in [-0.15, -0.1) is 0 Å². The number of rotatable bonds is 3. The molecule has 1 aliphatic heterocycles. The number of aromatic nitrogens is 1. The third-order valence-electron chi connectivity index (χ3n) is 3.69. The number of amides is 1. The maximum atomic E-state index is 12.4. The Labute approximate surface area is 137 Å². The first-order valence-corrected chi connectivity index (χ1v) is 7.99. The van der Waals surface area contributed by atoms with Crippen LogP contribution < -0.4 is 5.32 Å². The van der Waals surface area contributed by atoms with E-state index in [-0.39, 0.29) is 12.1 Å². The van der Waals surface area contributed by atoms with Gasteiger partial charge in [-0.1, -0.05) is 0 Å². The van der Waals surface area contributed by atoms with Gasteiger partial charge in [0.1, 0.15) is 17.5 Å². The van der Waals surface area contributed by atoms with Gasteiger partial charge in [0.05, 0.1) is 11.6 Å². The molecule has 6 nitrogen and oxygen atoms in total. The molecule has 23 heavy (non-hydrogen) atoms. The lowest BCUT2D eigenvalue weighted by atomic mass is 10.0. The standard InChI is InChI=1S/C17H24N4O2/c1-17(2,3)23-16(22)21-10-5-4-8-14(21)12-20-15-13(11-18)7-6-9-19-15/h6-7,9,14H,4-5,8,10,12H2,1-3H3,(H,19,20)/t14-/m1/s1. The number of nitrogens with zero attached hydrogens (tertiary/aromatic N) is 3. The normalized spacial score (nSPS) is 18.2. The van der Waals surface area contributed by atoms with Crippen LogP contribution in [0.5, 0.6) is 0 Å². The van der Waals surface area contributed by atoms with E-state index in [2.05, 4.69) is 16.4 Å². The van der Waals surface area contributed by atoms with Crippen molar-refractivity contribution in [2.45, 2.75) is 51.7 Å². The van der Waals surface area contributed by atoms with Crippen LogP contribution in [-0.2, 0) is 4.74 Å². The van der Waals surface area contributed by atoms with Crippen molar-refractivity contribution in [2.24, 2.45) is 0 Å². The second-order valence-corrected chi connectivity index (χ2v) is 6.72. The number of likely N-dealkylation sites (tertiary alicyclic amines) is 1. The number of carbonyl (C=O) groups excluding carboxylic acids is 1. The molecule has 1 saturated heterocycles. The van der Waals surface area contributed by atoms with Crippen LogP contribution in [0.1, 0.15) is 45.6 Å². The third-order valence-corrected chi connectivity index (χ3v) is 3.69. The lowest BCUT2D eigenvalue weighted by Gasteiger charge is -2.36. The quantitative estimate of drug-likeness (QED) is 0.926. The monoisotopic (exact) mass is 316 g/mol. The molecule has 1 aliphatic rings. The first kappa shape index (κ1) is 17.1. The molecule has 0 radical (unpaired) electrons. The largest absolute Gasteiger partial charge is 0.444 e. The minimum absolute atomic E-state index is 0.0483. The summed E-state index contributed by atoms with van der Waals surface area (Å²) in [5.41, 5.74) is 0.00806. The topological polar surface area (TPSA) is 78.2 Å². The molecule has 1 aromatic rings. The minimum Gasteiger partial charge on any atom is -0.444 e. The number of carbonyl (C=O) groups is 1. The Hall–Kier alpha value is -2.29. The Morgan fingerprint density at radius 1 is 1.52 bits per heavy atom. The van der Waals surface area contributed by atoms with E-state index >= 15 is 0 Å². The molecule has 1 amide bonds. The number of hydrogen-bond acceptors (Lipinski definition) is 5. The van der Waals surface area contributed by atoms with Crippen LogP contribution in [-0.4, -0.2) is 40.7 Å². The van der Waals surface area contributed by atoms with Crippen LogP contribution in [0.25, 0.3) is 0 Å². The van der Waals surface area contributed by atoms with E-state index in [0.29, 0.717) is 24.5 Å². The van der Waals surface area contributed by atoms with Gasteiger partial charge in [-0.05, 0) is 52.2 Å². The van der Waals surface area contributed by atoms with Crippen molar-refractivity contribution in [1.29, 1.82) is 5.26 Å². The average Bonchev–Trinajstić information content (AvgIpc) is 2.51. The van der Waals surface area contributed by atoms with Gasteiger partial charge in [-0.2, -0.15) is 5.26 Å². The fraction of sp³-hybridized carbons (Fsp3) is 0.588. The van der Waals surface area contributed by atoms with Crippen molar-refractivity contribution < 1.29 is 9.53 Å². The molecule has 0 bridgehead atoms. The molecular weight excluding hydrogens is 292 g/mol. The zero-order valence-corrected chi connectivity index (χ0v) is 14.0. The molecule has 1 N–H and O–H groups in total. The number of hydrogen-bond donors (Lipinski definition) is 1. The molecule has 124 valence electrons. The van der Waals surface area contributed by atoms with Crippen molar-refractivity contribution in [3.63, 3.8) is 0 Å². The molecule has 0 saturated carbocycles. The number of nitriles is 1. The highest BCUT2D eigenvalue weighted by Crippen LogP contribution is 2.21. The Balaban J connectivity index is 2.01. The van der Waals surface area contributed by atoms with E-state index in [1.165, 1.54) is 0 Å².